The molecule has 1 aromatic carbocycles. The van der Waals surface area contributed by atoms with Crippen LogP contribution in [0.1, 0.15) is 40.7 Å². The first kappa shape index (κ1) is 13.0. The lowest BCUT2D eigenvalue weighted by atomic mass is 9.95. The van der Waals surface area contributed by atoms with Gasteiger partial charge in [-0.3, -0.25) is 0 Å². The molecule has 4 heteroatoms. The van der Waals surface area contributed by atoms with E-state index in [1.54, 1.807) is 6.92 Å². The molecule has 1 atom stereocenters. The normalized spacial score (nSPS) is 19.8. The molecule has 98 valence electrons. The first-order chi connectivity index (χ1) is 8.58. The van der Waals surface area contributed by atoms with E-state index < -0.39 is 5.97 Å². The molecule has 3 nitrogen and oxygen atoms in total. The number of carboxylic acids is 1. The first-order valence-corrected chi connectivity index (χ1v) is 6.33. The van der Waals surface area contributed by atoms with Crippen molar-refractivity contribution in [3.05, 3.63) is 34.6 Å². The minimum atomic E-state index is -0.995. The third-order valence-electron chi connectivity index (χ3n) is 3.50. The maximum absolute atomic E-state index is 13.8. The van der Waals surface area contributed by atoms with Crippen LogP contribution in [0.5, 0.6) is 0 Å². The number of carboxylic acid groups (broad SMARTS) is 1. The molecule has 0 spiro atoms. The summed E-state index contributed by atoms with van der Waals surface area (Å²) in [7, 11) is 0. The predicted octanol–water partition coefficient (Wildman–Crippen LogP) is 2.52. The zero-order chi connectivity index (χ0) is 13.1. The third-order valence-corrected chi connectivity index (χ3v) is 3.50. The highest BCUT2D eigenvalue weighted by atomic mass is 19.1. The molecule has 0 aliphatic carbocycles. The van der Waals surface area contributed by atoms with E-state index in [1.165, 1.54) is 12.1 Å². The van der Waals surface area contributed by atoms with Gasteiger partial charge in [0.1, 0.15) is 5.82 Å². The van der Waals surface area contributed by atoms with Crippen molar-refractivity contribution in [2.45, 2.75) is 38.6 Å². The highest BCUT2D eigenvalue weighted by Crippen LogP contribution is 2.19. The predicted molar refractivity (Wildman–Crippen MR) is 67.4 cm³/mol. The SMILES string of the molecule is Cc1cc(F)c(CC2CCCCN2)cc1C(=O)O. The number of nitrogens with one attached hydrogen (secondary N) is 1. The van der Waals surface area contributed by atoms with E-state index in [1.807, 2.05) is 0 Å². The maximum Gasteiger partial charge on any atom is 0.335 e. The lowest BCUT2D eigenvalue weighted by Gasteiger charge is -2.23. The van der Waals surface area contributed by atoms with Gasteiger partial charge in [-0.15, -0.1) is 0 Å². The molecule has 18 heavy (non-hydrogen) atoms. The Kier molecular flexibility index (Phi) is 3.97. The highest BCUT2D eigenvalue weighted by Gasteiger charge is 2.17. The number of hydrogen-bond donors (Lipinski definition) is 2. The second-order valence-corrected chi connectivity index (χ2v) is 4.91. The second kappa shape index (κ2) is 5.48. The smallest absolute Gasteiger partial charge is 0.335 e. The molecular formula is C14H18FNO2. The number of rotatable bonds is 3. The van der Waals surface area contributed by atoms with Crippen LogP contribution in [0.4, 0.5) is 4.39 Å². The van der Waals surface area contributed by atoms with Gasteiger partial charge < -0.3 is 10.4 Å². The zero-order valence-corrected chi connectivity index (χ0v) is 10.5. The summed E-state index contributed by atoms with van der Waals surface area (Å²) in [5.74, 6) is -1.30. The number of aryl methyl sites for hydroxylation is 1. The summed E-state index contributed by atoms with van der Waals surface area (Å²) in [6.45, 7) is 2.58. The Balaban J connectivity index is 2.21. The highest BCUT2D eigenvalue weighted by molar-refractivity contribution is 5.89. The van der Waals surface area contributed by atoms with Crippen molar-refractivity contribution >= 4 is 5.97 Å². The summed E-state index contributed by atoms with van der Waals surface area (Å²) in [5, 5.41) is 12.4. The van der Waals surface area contributed by atoms with Crippen molar-refractivity contribution < 1.29 is 14.3 Å². The van der Waals surface area contributed by atoms with Crippen LogP contribution in [0.25, 0.3) is 0 Å². The number of benzene rings is 1. The molecule has 1 aromatic rings. The summed E-state index contributed by atoms with van der Waals surface area (Å²) in [4.78, 5) is 11.0. The molecule has 0 aromatic heterocycles. The molecule has 0 saturated carbocycles. The lowest BCUT2D eigenvalue weighted by molar-refractivity contribution is 0.0696. The molecule has 0 radical (unpaired) electrons. The van der Waals surface area contributed by atoms with Crippen LogP contribution in [0.2, 0.25) is 0 Å². The second-order valence-electron chi connectivity index (χ2n) is 4.91. The van der Waals surface area contributed by atoms with E-state index in [2.05, 4.69) is 5.32 Å². The number of hydrogen-bond acceptors (Lipinski definition) is 2. The Morgan fingerprint density at radius 2 is 2.28 bits per heavy atom. The first-order valence-electron chi connectivity index (χ1n) is 6.33. The van der Waals surface area contributed by atoms with Gasteiger partial charge in [-0.2, -0.15) is 0 Å². The average Bonchev–Trinajstić information content (AvgIpc) is 2.33. The Bertz CT molecular complexity index is 453. The van der Waals surface area contributed by atoms with E-state index in [0.717, 1.165) is 25.8 Å². The van der Waals surface area contributed by atoms with E-state index in [9.17, 15) is 9.18 Å². The molecule has 1 heterocycles. The maximum atomic E-state index is 13.8. The largest absolute Gasteiger partial charge is 0.478 e. The molecular weight excluding hydrogens is 233 g/mol. The van der Waals surface area contributed by atoms with Crippen LogP contribution in [0.15, 0.2) is 12.1 Å². The molecule has 0 bridgehead atoms. The van der Waals surface area contributed by atoms with Gasteiger partial charge in [-0.25, -0.2) is 9.18 Å². The summed E-state index contributed by atoms with van der Waals surface area (Å²) in [6.07, 6.45) is 3.90. The van der Waals surface area contributed by atoms with E-state index in [0.29, 0.717) is 17.5 Å². The Hall–Kier alpha value is -1.42. The standard InChI is InChI=1S/C14H18FNO2/c1-9-6-13(15)10(8-12(9)14(17)18)7-11-4-2-3-5-16-11/h6,8,11,16H,2-5,7H2,1H3,(H,17,18). The van der Waals surface area contributed by atoms with E-state index in [4.69, 9.17) is 5.11 Å². The lowest BCUT2D eigenvalue weighted by Crippen LogP contribution is -2.35. The van der Waals surface area contributed by atoms with Crippen LogP contribution < -0.4 is 5.32 Å². The van der Waals surface area contributed by atoms with Crippen LogP contribution in [-0.2, 0) is 6.42 Å². The molecule has 1 unspecified atom stereocenters. The summed E-state index contributed by atoms with van der Waals surface area (Å²) in [6, 6.07) is 3.06. The fourth-order valence-electron chi connectivity index (χ4n) is 2.47. The van der Waals surface area contributed by atoms with Crippen molar-refractivity contribution in [3.8, 4) is 0 Å². The number of carbonyl (C=O) groups is 1. The number of halogens is 1. The summed E-state index contributed by atoms with van der Waals surface area (Å²) < 4.78 is 13.8. The van der Waals surface area contributed by atoms with Gasteiger partial charge in [-0.05, 0) is 56.0 Å². The Morgan fingerprint density at radius 1 is 1.50 bits per heavy atom. The zero-order valence-electron chi connectivity index (χ0n) is 10.5. The van der Waals surface area contributed by atoms with Gasteiger partial charge in [-0.1, -0.05) is 6.42 Å². The monoisotopic (exact) mass is 251 g/mol. The molecule has 2 rings (SSSR count). The summed E-state index contributed by atoms with van der Waals surface area (Å²) in [5.41, 5.74) is 1.17. The Morgan fingerprint density at radius 3 is 2.89 bits per heavy atom. The van der Waals surface area contributed by atoms with Gasteiger partial charge in [0.05, 0.1) is 5.56 Å². The topological polar surface area (TPSA) is 49.3 Å². The average molecular weight is 251 g/mol. The molecule has 0 amide bonds. The van der Waals surface area contributed by atoms with Gasteiger partial charge >= 0.3 is 5.97 Å². The van der Waals surface area contributed by atoms with E-state index in [-0.39, 0.29) is 17.4 Å². The minimum Gasteiger partial charge on any atom is -0.478 e. The van der Waals surface area contributed by atoms with Gasteiger partial charge in [0.25, 0.3) is 0 Å². The molecule has 1 aliphatic heterocycles. The van der Waals surface area contributed by atoms with Crippen molar-refractivity contribution in [2.24, 2.45) is 0 Å². The summed E-state index contributed by atoms with van der Waals surface area (Å²) >= 11 is 0. The van der Waals surface area contributed by atoms with Crippen LogP contribution in [-0.4, -0.2) is 23.7 Å². The van der Waals surface area contributed by atoms with Crippen LogP contribution in [0.3, 0.4) is 0 Å². The third kappa shape index (κ3) is 2.88. The Labute approximate surface area is 106 Å². The fraction of sp³-hybridized carbons (Fsp3) is 0.500. The molecule has 1 aliphatic rings. The van der Waals surface area contributed by atoms with Crippen LogP contribution in [0, 0.1) is 12.7 Å². The van der Waals surface area contributed by atoms with Crippen molar-refractivity contribution in [1.82, 2.24) is 5.32 Å². The number of piperidine rings is 1. The molecule has 2 N–H and O–H groups in total. The minimum absolute atomic E-state index is 0.196. The molecule has 1 fully saturated rings. The van der Waals surface area contributed by atoms with Gasteiger partial charge in [0.2, 0.25) is 0 Å². The van der Waals surface area contributed by atoms with Gasteiger partial charge in [0.15, 0.2) is 0 Å². The van der Waals surface area contributed by atoms with Crippen molar-refractivity contribution in [3.63, 3.8) is 0 Å². The quantitative estimate of drug-likeness (QED) is 0.867. The van der Waals surface area contributed by atoms with Gasteiger partial charge in [0, 0.05) is 6.04 Å². The number of aromatic carboxylic acids is 1. The van der Waals surface area contributed by atoms with Crippen LogP contribution >= 0.6 is 0 Å². The van der Waals surface area contributed by atoms with Crippen molar-refractivity contribution in [1.29, 1.82) is 0 Å². The van der Waals surface area contributed by atoms with E-state index >= 15 is 0 Å². The van der Waals surface area contributed by atoms with Crippen molar-refractivity contribution in [2.75, 3.05) is 6.54 Å². The fourth-order valence-corrected chi connectivity index (χ4v) is 2.47. The molecule has 1 saturated heterocycles.